The number of hydrogen-bond acceptors (Lipinski definition) is 8. The molecule has 2 fully saturated rings. The van der Waals surface area contributed by atoms with Gasteiger partial charge in [-0.25, -0.2) is 14.4 Å². The Morgan fingerprint density at radius 3 is 2.43 bits per heavy atom. The summed E-state index contributed by atoms with van der Waals surface area (Å²) in [5, 5.41) is 0.722. The number of likely N-dealkylation sites (tertiary alicyclic amines) is 1. The summed E-state index contributed by atoms with van der Waals surface area (Å²) >= 11 is 1.58. The van der Waals surface area contributed by atoms with E-state index in [0.717, 1.165) is 67.7 Å². The quantitative estimate of drug-likeness (QED) is 0.191. The summed E-state index contributed by atoms with van der Waals surface area (Å²) < 4.78 is 19.4. The van der Waals surface area contributed by atoms with Crippen molar-refractivity contribution < 1.29 is 18.7 Å². The van der Waals surface area contributed by atoms with Crippen LogP contribution in [0, 0.1) is 11.7 Å². The highest BCUT2D eigenvalue weighted by atomic mass is 32.2. The van der Waals surface area contributed by atoms with Gasteiger partial charge in [0.2, 0.25) is 0 Å². The van der Waals surface area contributed by atoms with Gasteiger partial charge in [0.25, 0.3) is 5.91 Å². The van der Waals surface area contributed by atoms with Crippen LogP contribution in [-0.2, 0) is 21.7 Å². The number of hydrogen-bond donors (Lipinski definition) is 0. The lowest BCUT2D eigenvalue weighted by atomic mass is 9.97. The highest BCUT2D eigenvalue weighted by molar-refractivity contribution is 7.98. The number of piperazine rings is 1. The summed E-state index contributed by atoms with van der Waals surface area (Å²) in [6.45, 7) is 8.25. The minimum atomic E-state index is -0.252. The van der Waals surface area contributed by atoms with Gasteiger partial charge in [0.1, 0.15) is 11.6 Å². The Kier molecular flexibility index (Phi) is 9.94. The minimum Gasteiger partial charge on any atom is -0.466 e. The molecule has 0 saturated carbocycles. The first-order valence-corrected chi connectivity index (χ1v) is 15.7. The molecule has 8 nitrogen and oxygen atoms in total. The summed E-state index contributed by atoms with van der Waals surface area (Å²) in [7, 11) is 0. The van der Waals surface area contributed by atoms with Gasteiger partial charge in [-0.1, -0.05) is 43.0 Å². The molecule has 0 aliphatic carbocycles. The zero-order valence-electron chi connectivity index (χ0n) is 24.3. The minimum absolute atomic E-state index is 0.0538. The molecule has 0 unspecified atom stereocenters. The third-order valence-electron chi connectivity index (χ3n) is 7.80. The Morgan fingerprint density at radius 1 is 0.976 bits per heavy atom. The molecular weight excluding hydrogens is 553 g/mol. The van der Waals surface area contributed by atoms with Crippen molar-refractivity contribution in [1.29, 1.82) is 0 Å². The molecule has 5 rings (SSSR count). The maximum atomic E-state index is 14.3. The number of halogens is 1. The van der Waals surface area contributed by atoms with Crippen LogP contribution in [0.5, 0.6) is 0 Å². The number of benzene rings is 2. The number of amides is 1. The smallest absolute Gasteiger partial charge is 0.310 e. The van der Waals surface area contributed by atoms with Crippen molar-refractivity contribution in [3.63, 3.8) is 0 Å². The number of aryl methyl sites for hydroxylation is 1. The summed E-state index contributed by atoms with van der Waals surface area (Å²) in [5.74, 6) is 0.869. The fraction of sp³-hybridized carbons (Fsp3) is 0.438. The average Bonchev–Trinajstić information content (AvgIpc) is 3.04. The number of anilines is 2. The van der Waals surface area contributed by atoms with Crippen LogP contribution >= 0.6 is 11.8 Å². The van der Waals surface area contributed by atoms with Crippen molar-refractivity contribution in [2.75, 3.05) is 55.7 Å². The molecule has 1 atom stereocenters. The van der Waals surface area contributed by atoms with Gasteiger partial charge < -0.3 is 19.4 Å². The lowest BCUT2D eigenvalue weighted by Crippen LogP contribution is -2.47. The number of thioether (sulfide) groups is 1. The Hall–Kier alpha value is -3.66. The van der Waals surface area contributed by atoms with E-state index in [1.165, 1.54) is 6.07 Å². The number of carbonyl (C=O) groups excluding carboxylic acids is 2. The Bertz CT molecular complexity index is 1380. The maximum Gasteiger partial charge on any atom is 0.310 e. The summed E-state index contributed by atoms with van der Waals surface area (Å²) in [5.41, 5.74) is 3.33. The number of nitrogens with zero attached hydrogens (tertiary/aromatic N) is 5. The van der Waals surface area contributed by atoms with E-state index < -0.39 is 0 Å². The standard InChI is InChI=1S/C32H38FN5O3S/c1-3-26-20-29(37-18-16-36(17-19-37)28-10-6-5-9-27(28)33)35-32(34-26)42-22-23-11-13-24(14-12-23)30(39)38-15-7-8-25(21-38)31(40)41-4-2/h5-6,9-14,20,25H,3-4,7-8,15-19,21-22H2,1-2H3/t25-/m1/s1. The second-order valence-electron chi connectivity index (χ2n) is 10.6. The van der Waals surface area contributed by atoms with Gasteiger partial charge in [-0.2, -0.15) is 0 Å². The Labute approximate surface area is 251 Å². The Balaban J connectivity index is 1.18. The van der Waals surface area contributed by atoms with Crippen molar-refractivity contribution in [2.45, 2.75) is 44.0 Å². The number of esters is 1. The van der Waals surface area contributed by atoms with Crippen molar-refractivity contribution in [1.82, 2.24) is 14.9 Å². The molecular formula is C32H38FN5O3S. The third-order valence-corrected chi connectivity index (χ3v) is 8.72. The van der Waals surface area contributed by atoms with Crippen LogP contribution in [0.25, 0.3) is 0 Å². The molecule has 0 spiro atoms. The molecule has 2 aromatic carbocycles. The first-order chi connectivity index (χ1) is 20.4. The van der Waals surface area contributed by atoms with E-state index in [4.69, 9.17) is 14.7 Å². The first-order valence-electron chi connectivity index (χ1n) is 14.7. The zero-order valence-corrected chi connectivity index (χ0v) is 25.1. The molecule has 0 radical (unpaired) electrons. The van der Waals surface area contributed by atoms with Gasteiger partial charge in [-0.05, 0) is 56.0 Å². The van der Waals surface area contributed by atoms with Gasteiger partial charge in [0, 0.05) is 62.3 Å². The lowest BCUT2D eigenvalue weighted by Gasteiger charge is -2.37. The first kappa shape index (κ1) is 29.8. The van der Waals surface area contributed by atoms with Crippen LogP contribution in [0.3, 0.4) is 0 Å². The van der Waals surface area contributed by atoms with Crippen LogP contribution in [0.4, 0.5) is 15.9 Å². The van der Waals surface area contributed by atoms with Crippen LogP contribution < -0.4 is 9.80 Å². The molecule has 2 saturated heterocycles. The van der Waals surface area contributed by atoms with Crippen molar-refractivity contribution in [3.05, 3.63) is 77.2 Å². The van der Waals surface area contributed by atoms with Crippen LogP contribution in [-0.4, -0.2) is 72.6 Å². The second-order valence-corrected chi connectivity index (χ2v) is 11.5. The fourth-order valence-corrected chi connectivity index (χ4v) is 6.27. The van der Waals surface area contributed by atoms with Gasteiger partial charge >= 0.3 is 5.97 Å². The van der Waals surface area contributed by atoms with E-state index >= 15 is 0 Å². The van der Waals surface area contributed by atoms with Gasteiger partial charge in [-0.3, -0.25) is 9.59 Å². The topological polar surface area (TPSA) is 78.9 Å². The molecule has 2 aliphatic heterocycles. The highest BCUT2D eigenvalue weighted by Gasteiger charge is 2.30. The van der Waals surface area contributed by atoms with E-state index in [-0.39, 0.29) is 23.6 Å². The third kappa shape index (κ3) is 7.21. The molecule has 10 heteroatoms. The van der Waals surface area contributed by atoms with E-state index in [9.17, 15) is 14.0 Å². The van der Waals surface area contributed by atoms with Crippen molar-refractivity contribution in [2.24, 2.45) is 5.92 Å². The summed E-state index contributed by atoms with van der Waals surface area (Å²) in [6, 6.07) is 16.6. The average molecular weight is 592 g/mol. The van der Waals surface area contributed by atoms with Gasteiger partial charge in [0.05, 0.1) is 18.2 Å². The normalized spacial score (nSPS) is 17.3. The number of piperidine rings is 1. The Morgan fingerprint density at radius 2 is 1.71 bits per heavy atom. The molecule has 222 valence electrons. The van der Waals surface area contributed by atoms with E-state index in [1.54, 1.807) is 29.7 Å². The SMILES string of the molecule is CCOC(=O)[C@@H]1CCCN(C(=O)c2ccc(CSc3nc(CC)cc(N4CCN(c5ccccc5F)CC4)n3)cc2)C1. The molecule has 2 aliphatic rings. The van der Waals surface area contributed by atoms with Gasteiger partial charge in [-0.15, -0.1) is 0 Å². The number of rotatable bonds is 9. The lowest BCUT2D eigenvalue weighted by molar-refractivity contribution is -0.149. The fourth-order valence-electron chi connectivity index (χ4n) is 5.44. The van der Waals surface area contributed by atoms with Gasteiger partial charge in [0.15, 0.2) is 5.16 Å². The maximum absolute atomic E-state index is 14.3. The molecule has 3 heterocycles. The predicted octanol–water partition coefficient (Wildman–Crippen LogP) is 5.21. The van der Waals surface area contributed by atoms with Crippen molar-refractivity contribution in [3.8, 4) is 0 Å². The van der Waals surface area contributed by atoms with E-state index in [1.807, 2.05) is 36.4 Å². The predicted molar refractivity (Wildman–Crippen MR) is 163 cm³/mol. The van der Waals surface area contributed by atoms with Crippen LogP contribution in [0.1, 0.15) is 48.3 Å². The number of para-hydroxylation sites is 1. The van der Waals surface area contributed by atoms with Crippen LogP contribution in [0.15, 0.2) is 59.8 Å². The molecule has 42 heavy (non-hydrogen) atoms. The van der Waals surface area contributed by atoms with E-state index in [2.05, 4.69) is 22.8 Å². The molecule has 0 N–H and O–H groups in total. The number of ether oxygens (including phenoxy) is 1. The zero-order chi connectivity index (χ0) is 29.5. The molecule has 1 aromatic heterocycles. The highest BCUT2D eigenvalue weighted by Crippen LogP contribution is 2.26. The largest absolute Gasteiger partial charge is 0.466 e. The summed E-state index contributed by atoms with van der Waals surface area (Å²) in [4.78, 5) is 41.0. The monoisotopic (exact) mass is 591 g/mol. The van der Waals surface area contributed by atoms with E-state index in [0.29, 0.717) is 36.7 Å². The molecule has 1 amide bonds. The molecule has 0 bridgehead atoms. The van der Waals surface area contributed by atoms with Crippen LogP contribution in [0.2, 0.25) is 0 Å². The molecule has 3 aromatic rings. The summed E-state index contributed by atoms with van der Waals surface area (Å²) in [6.07, 6.45) is 2.36. The number of carbonyl (C=O) groups is 2. The second kappa shape index (κ2) is 14.0. The number of aromatic nitrogens is 2. The van der Waals surface area contributed by atoms with Crippen molar-refractivity contribution >= 4 is 35.1 Å².